The molecule has 1 rings (SSSR count). The van der Waals surface area contributed by atoms with Crippen molar-refractivity contribution in [1.29, 1.82) is 0 Å². The van der Waals surface area contributed by atoms with E-state index in [1.807, 2.05) is 4.90 Å². The minimum absolute atomic E-state index is 0.0575. The molecule has 138 valence electrons. The average molecular weight is 336 g/mol. The van der Waals surface area contributed by atoms with Gasteiger partial charge in [-0.1, -0.05) is 78.1 Å². The molecule has 24 heavy (non-hydrogen) atoms. The third-order valence-corrected chi connectivity index (χ3v) is 4.58. The van der Waals surface area contributed by atoms with Crippen LogP contribution in [0.2, 0.25) is 0 Å². The monoisotopic (exact) mass is 335 g/mol. The van der Waals surface area contributed by atoms with Gasteiger partial charge in [0.2, 0.25) is 0 Å². The van der Waals surface area contributed by atoms with E-state index in [2.05, 4.69) is 13.8 Å². The third kappa shape index (κ3) is 9.14. The van der Waals surface area contributed by atoms with E-state index in [0.717, 1.165) is 25.9 Å². The van der Waals surface area contributed by atoms with Crippen molar-refractivity contribution in [3.8, 4) is 0 Å². The maximum Gasteiger partial charge on any atom is 0.289 e. The molecule has 3 nitrogen and oxygen atoms in total. The summed E-state index contributed by atoms with van der Waals surface area (Å²) in [5, 5.41) is 0. The second kappa shape index (κ2) is 14.1. The molecular weight excluding hydrogens is 298 g/mol. The first kappa shape index (κ1) is 20.8. The highest BCUT2D eigenvalue weighted by Gasteiger charge is 2.17. The minimum atomic E-state index is 0.0575. The quantitative estimate of drug-likeness (QED) is 0.345. The lowest BCUT2D eigenvalue weighted by Crippen LogP contribution is -2.32. The van der Waals surface area contributed by atoms with Gasteiger partial charge in [0.15, 0.2) is 5.76 Å². The van der Waals surface area contributed by atoms with Crippen LogP contribution in [-0.2, 0) is 0 Å². The fourth-order valence-corrected chi connectivity index (χ4v) is 3.04. The van der Waals surface area contributed by atoms with Crippen molar-refractivity contribution in [2.45, 2.75) is 90.9 Å². The van der Waals surface area contributed by atoms with Gasteiger partial charge in [-0.05, 0) is 25.0 Å². The molecule has 1 amide bonds. The number of unbranched alkanes of at least 4 members (excludes halogenated alkanes) is 10. The summed E-state index contributed by atoms with van der Waals surface area (Å²) in [7, 11) is 0. The molecule has 0 aromatic carbocycles. The second-order valence-electron chi connectivity index (χ2n) is 6.81. The van der Waals surface area contributed by atoms with Crippen LogP contribution in [0.3, 0.4) is 0 Å². The first-order chi connectivity index (χ1) is 11.8. The van der Waals surface area contributed by atoms with Crippen LogP contribution in [0.1, 0.15) is 101 Å². The number of amides is 1. The molecule has 0 unspecified atom stereocenters. The molecule has 0 atom stereocenters. The van der Waals surface area contributed by atoms with Crippen molar-refractivity contribution < 1.29 is 9.21 Å². The van der Waals surface area contributed by atoms with Crippen LogP contribution >= 0.6 is 0 Å². The number of furan rings is 1. The number of carbonyl (C=O) groups excluding carboxylic acids is 1. The molecule has 3 heteroatoms. The molecule has 0 radical (unpaired) electrons. The van der Waals surface area contributed by atoms with Crippen LogP contribution in [0.4, 0.5) is 0 Å². The molecule has 0 bridgehead atoms. The van der Waals surface area contributed by atoms with Gasteiger partial charge in [-0.2, -0.15) is 0 Å². The predicted molar refractivity (Wildman–Crippen MR) is 101 cm³/mol. The third-order valence-electron chi connectivity index (χ3n) is 4.58. The molecule has 0 aliphatic carbocycles. The SMILES string of the molecule is CCCCCCCCN(CCCCCCCC)C(=O)c1ccco1. The fourth-order valence-electron chi connectivity index (χ4n) is 3.04. The highest BCUT2D eigenvalue weighted by atomic mass is 16.3. The van der Waals surface area contributed by atoms with Crippen molar-refractivity contribution in [1.82, 2.24) is 4.90 Å². The van der Waals surface area contributed by atoms with Gasteiger partial charge in [0.05, 0.1) is 6.26 Å². The van der Waals surface area contributed by atoms with Gasteiger partial charge < -0.3 is 9.32 Å². The molecule has 0 spiro atoms. The van der Waals surface area contributed by atoms with E-state index in [0.29, 0.717) is 5.76 Å². The Morgan fingerprint density at radius 3 is 1.79 bits per heavy atom. The summed E-state index contributed by atoms with van der Waals surface area (Å²) in [6.07, 6.45) is 16.7. The van der Waals surface area contributed by atoms with Crippen molar-refractivity contribution in [2.75, 3.05) is 13.1 Å². The standard InChI is InChI=1S/C21H37NO2/c1-3-5-7-9-11-13-17-22(18-14-12-10-8-6-4-2)21(23)20-16-15-19-24-20/h15-16,19H,3-14,17-18H2,1-2H3. The predicted octanol–water partition coefficient (Wildman–Crippen LogP) is 6.44. The summed E-state index contributed by atoms with van der Waals surface area (Å²) in [6.45, 7) is 6.20. The van der Waals surface area contributed by atoms with Crippen LogP contribution in [0.5, 0.6) is 0 Å². The van der Waals surface area contributed by atoms with E-state index >= 15 is 0 Å². The van der Waals surface area contributed by atoms with Crippen LogP contribution in [0, 0.1) is 0 Å². The Morgan fingerprint density at radius 1 is 0.833 bits per heavy atom. The summed E-state index contributed by atoms with van der Waals surface area (Å²) in [5.74, 6) is 0.536. The Labute approximate surface area is 148 Å². The highest BCUT2D eigenvalue weighted by molar-refractivity contribution is 5.91. The Hall–Kier alpha value is -1.25. The Morgan fingerprint density at radius 2 is 1.33 bits per heavy atom. The fraction of sp³-hybridized carbons (Fsp3) is 0.762. The van der Waals surface area contributed by atoms with Gasteiger partial charge in [0.1, 0.15) is 0 Å². The minimum Gasteiger partial charge on any atom is -0.459 e. The van der Waals surface area contributed by atoms with Crippen LogP contribution in [-0.4, -0.2) is 23.9 Å². The van der Waals surface area contributed by atoms with E-state index in [-0.39, 0.29) is 5.91 Å². The van der Waals surface area contributed by atoms with E-state index < -0.39 is 0 Å². The molecule has 0 saturated carbocycles. The van der Waals surface area contributed by atoms with Gasteiger partial charge in [-0.15, -0.1) is 0 Å². The molecule has 0 aliphatic heterocycles. The van der Waals surface area contributed by atoms with Crippen LogP contribution in [0.25, 0.3) is 0 Å². The Kier molecular flexibility index (Phi) is 12.2. The zero-order chi connectivity index (χ0) is 17.5. The molecule has 0 aliphatic rings. The van der Waals surface area contributed by atoms with Gasteiger partial charge in [0, 0.05) is 13.1 Å². The number of hydrogen-bond donors (Lipinski definition) is 0. The smallest absolute Gasteiger partial charge is 0.289 e. The average Bonchev–Trinajstić information content (AvgIpc) is 3.13. The van der Waals surface area contributed by atoms with Gasteiger partial charge in [-0.25, -0.2) is 0 Å². The topological polar surface area (TPSA) is 33.5 Å². The molecule has 0 N–H and O–H groups in total. The number of nitrogens with zero attached hydrogens (tertiary/aromatic N) is 1. The highest BCUT2D eigenvalue weighted by Crippen LogP contribution is 2.12. The summed E-state index contributed by atoms with van der Waals surface area (Å²) in [6, 6.07) is 3.57. The van der Waals surface area contributed by atoms with Gasteiger partial charge in [0.25, 0.3) is 5.91 Å². The van der Waals surface area contributed by atoms with E-state index in [9.17, 15) is 4.79 Å². The summed E-state index contributed by atoms with van der Waals surface area (Å²) < 4.78 is 5.30. The van der Waals surface area contributed by atoms with Crippen molar-refractivity contribution in [2.24, 2.45) is 0 Å². The lowest BCUT2D eigenvalue weighted by Gasteiger charge is -2.21. The zero-order valence-corrected chi connectivity index (χ0v) is 15.9. The Bertz CT molecular complexity index is 384. The molecular formula is C21H37NO2. The molecule has 1 aromatic heterocycles. The van der Waals surface area contributed by atoms with E-state index in [4.69, 9.17) is 4.42 Å². The number of carbonyl (C=O) groups is 1. The maximum absolute atomic E-state index is 12.6. The second-order valence-corrected chi connectivity index (χ2v) is 6.81. The summed E-state index contributed by atoms with van der Waals surface area (Å²) >= 11 is 0. The van der Waals surface area contributed by atoms with E-state index in [1.165, 1.54) is 64.2 Å². The Balaban J connectivity index is 2.31. The number of hydrogen-bond acceptors (Lipinski definition) is 2. The van der Waals surface area contributed by atoms with Crippen molar-refractivity contribution >= 4 is 5.91 Å². The summed E-state index contributed by atoms with van der Waals surface area (Å²) in [5.41, 5.74) is 0. The maximum atomic E-state index is 12.6. The van der Waals surface area contributed by atoms with E-state index in [1.54, 1.807) is 18.4 Å². The molecule has 0 fully saturated rings. The lowest BCUT2D eigenvalue weighted by atomic mass is 10.1. The summed E-state index contributed by atoms with van der Waals surface area (Å²) in [4.78, 5) is 14.6. The van der Waals surface area contributed by atoms with Crippen LogP contribution in [0.15, 0.2) is 22.8 Å². The molecule has 1 heterocycles. The van der Waals surface area contributed by atoms with Crippen molar-refractivity contribution in [3.63, 3.8) is 0 Å². The normalized spacial score (nSPS) is 10.9. The number of rotatable bonds is 15. The van der Waals surface area contributed by atoms with Crippen LogP contribution < -0.4 is 0 Å². The lowest BCUT2D eigenvalue weighted by molar-refractivity contribution is 0.0717. The first-order valence-electron chi connectivity index (χ1n) is 10.1. The van der Waals surface area contributed by atoms with Crippen molar-refractivity contribution in [3.05, 3.63) is 24.2 Å². The van der Waals surface area contributed by atoms with Gasteiger partial charge in [-0.3, -0.25) is 4.79 Å². The molecule has 1 aromatic rings. The first-order valence-corrected chi connectivity index (χ1v) is 10.1. The largest absolute Gasteiger partial charge is 0.459 e. The molecule has 0 saturated heterocycles. The van der Waals surface area contributed by atoms with Gasteiger partial charge >= 0.3 is 0 Å². The zero-order valence-electron chi connectivity index (χ0n) is 15.9.